The van der Waals surface area contributed by atoms with Crippen molar-refractivity contribution in [3.05, 3.63) is 29.8 Å². The lowest BCUT2D eigenvalue weighted by Crippen LogP contribution is -2.39. The number of benzene rings is 1. The first-order chi connectivity index (χ1) is 9.87. The summed E-state index contributed by atoms with van der Waals surface area (Å²) in [5.74, 6) is -0.127. The van der Waals surface area contributed by atoms with Gasteiger partial charge in [-0.3, -0.25) is 9.69 Å². The zero-order chi connectivity index (χ0) is 15.9. The molecule has 4 nitrogen and oxygen atoms in total. The molecule has 0 aliphatic carbocycles. The molecule has 0 atom stereocenters. The second kappa shape index (κ2) is 7.99. The van der Waals surface area contributed by atoms with Crippen molar-refractivity contribution >= 4 is 5.78 Å². The number of hydrogen-bond donors (Lipinski definition) is 1. The summed E-state index contributed by atoms with van der Waals surface area (Å²) in [4.78, 5) is 13.0. The molecule has 0 amide bonds. The van der Waals surface area contributed by atoms with E-state index in [1.807, 2.05) is 0 Å². The van der Waals surface area contributed by atoms with Crippen LogP contribution in [0.25, 0.3) is 0 Å². The van der Waals surface area contributed by atoms with Gasteiger partial charge in [0.2, 0.25) is 0 Å². The third-order valence-corrected chi connectivity index (χ3v) is 2.67. The Labute approximate surface area is 121 Å². The van der Waals surface area contributed by atoms with Gasteiger partial charge in [0.05, 0.1) is 31.9 Å². The molecule has 0 spiro atoms. The second-order valence-electron chi connectivity index (χ2n) is 4.40. The van der Waals surface area contributed by atoms with Crippen LogP contribution in [0.1, 0.15) is 17.3 Å². The highest BCUT2D eigenvalue weighted by Gasteiger charge is 2.31. The number of para-hydroxylation sites is 1. The Morgan fingerprint density at radius 2 is 2.00 bits per heavy atom. The van der Waals surface area contributed by atoms with Crippen LogP contribution in [0.3, 0.4) is 0 Å². The Kier molecular flexibility index (Phi) is 6.64. The maximum absolute atomic E-state index is 12.4. The highest BCUT2D eigenvalue weighted by molar-refractivity contribution is 6.00. The van der Waals surface area contributed by atoms with Gasteiger partial charge < -0.3 is 9.84 Å². The van der Waals surface area contributed by atoms with E-state index in [0.717, 1.165) is 4.90 Å². The van der Waals surface area contributed by atoms with E-state index >= 15 is 0 Å². The summed E-state index contributed by atoms with van der Waals surface area (Å²) in [5.41, 5.74) is 0.240. The van der Waals surface area contributed by atoms with Crippen LogP contribution in [-0.4, -0.2) is 54.8 Å². The monoisotopic (exact) mass is 305 g/mol. The third-order valence-electron chi connectivity index (χ3n) is 2.67. The van der Waals surface area contributed by atoms with Crippen LogP contribution in [-0.2, 0) is 0 Å². The number of carbonyl (C=O) groups excluding carboxylic acids is 1. The molecule has 0 saturated carbocycles. The van der Waals surface area contributed by atoms with Gasteiger partial charge in [0.1, 0.15) is 5.75 Å². The molecule has 0 radical (unpaired) electrons. The third kappa shape index (κ3) is 6.14. The molecule has 0 heterocycles. The molecule has 0 bridgehead atoms. The number of aliphatic hydroxyl groups is 1. The topological polar surface area (TPSA) is 49.8 Å². The van der Waals surface area contributed by atoms with Crippen molar-refractivity contribution < 1.29 is 27.8 Å². The van der Waals surface area contributed by atoms with Crippen molar-refractivity contribution in [1.82, 2.24) is 4.90 Å². The zero-order valence-corrected chi connectivity index (χ0v) is 11.7. The molecule has 1 aromatic carbocycles. The minimum absolute atomic E-state index is 0.220. The van der Waals surface area contributed by atoms with Gasteiger partial charge in [-0.2, -0.15) is 13.2 Å². The number of hydrogen-bond acceptors (Lipinski definition) is 4. The number of Topliss-reactive ketones (excluding diaryl/α,β-unsaturated/α-hetero) is 1. The molecule has 1 N–H and O–H groups in total. The molecule has 0 aliphatic heterocycles. The van der Waals surface area contributed by atoms with E-state index in [1.54, 1.807) is 25.1 Å². The first-order valence-electron chi connectivity index (χ1n) is 6.52. The Morgan fingerprint density at radius 3 is 2.57 bits per heavy atom. The minimum Gasteiger partial charge on any atom is -0.493 e. The second-order valence-corrected chi connectivity index (χ2v) is 4.40. The summed E-state index contributed by atoms with van der Waals surface area (Å²) < 4.78 is 42.6. The molecule has 0 aromatic heterocycles. The fourth-order valence-electron chi connectivity index (χ4n) is 1.88. The molecule has 0 saturated heterocycles. The molecule has 0 unspecified atom stereocenters. The van der Waals surface area contributed by atoms with Crippen LogP contribution in [0.15, 0.2) is 24.3 Å². The largest absolute Gasteiger partial charge is 0.493 e. The molecular weight excluding hydrogens is 287 g/mol. The van der Waals surface area contributed by atoms with Crippen molar-refractivity contribution in [2.45, 2.75) is 13.1 Å². The van der Waals surface area contributed by atoms with E-state index in [2.05, 4.69) is 0 Å². The molecule has 1 aromatic rings. The van der Waals surface area contributed by atoms with Crippen molar-refractivity contribution in [3.63, 3.8) is 0 Å². The van der Waals surface area contributed by atoms with Crippen molar-refractivity contribution in [3.8, 4) is 5.75 Å². The van der Waals surface area contributed by atoms with Crippen molar-refractivity contribution in [2.75, 3.05) is 32.8 Å². The number of alkyl halides is 3. The van der Waals surface area contributed by atoms with Gasteiger partial charge in [0.15, 0.2) is 5.78 Å². The minimum atomic E-state index is -4.42. The van der Waals surface area contributed by atoms with E-state index < -0.39 is 31.7 Å². The lowest BCUT2D eigenvalue weighted by molar-refractivity contribution is -0.145. The van der Waals surface area contributed by atoms with Crippen LogP contribution < -0.4 is 4.74 Å². The Morgan fingerprint density at radius 1 is 1.33 bits per heavy atom. The quantitative estimate of drug-likeness (QED) is 0.748. The average molecular weight is 305 g/mol. The van der Waals surface area contributed by atoms with Crippen molar-refractivity contribution in [1.29, 1.82) is 0 Å². The Hall–Kier alpha value is -1.60. The van der Waals surface area contributed by atoms with Crippen LogP contribution in [0.4, 0.5) is 13.2 Å². The van der Waals surface area contributed by atoms with E-state index in [1.165, 1.54) is 6.07 Å². The van der Waals surface area contributed by atoms with Crippen LogP contribution in [0.5, 0.6) is 5.75 Å². The van der Waals surface area contributed by atoms with E-state index in [9.17, 15) is 18.0 Å². The van der Waals surface area contributed by atoms with Gasteiger partial charge in [0.25, 0.3) is 0 Å². The highest BCUT2D eigenvalue weighted by Crippen LogP contribution is 2.20. The molecule has 0 aliphatic rings. The summed E-state index contributed by atoms with van der Waals surface area (Å²) in [7, 11) is 0. The number of rotatable bonds is 8. The fraction of sp³-hybridized carbons (Fsp3) is 0.500. The Balaban J connectivity index is 2.82. The molecule has 0 fully saturated rings. The van der Waals surface area contributed by atoms with E-state index in [0.29, 0.717) is 12.4 Å². The number of ether oxygens (including phenoxy) is 1. The Bertz CT molecular complexity index is 463. The lowest BCUT2D eigenvalue weighted by Gasteiger charge is -2.22. The van der Waals surface area contributed by atoms with Gasteiger partial charge in [-0.15, -0.1) is 0 Å². The number of nitrogens with zero attached hydrogens (tertiary/aromatic N) is 1. The lowest BCUT2D eigenvalue weighted by atomic mass is 10.1. The molecule has 21 heavy (non-hydrogen) atoms. The van der Waals surface area contributed by atoms with Crippen LogP contribution in [0, 0.1) is 0 Å². The van der Waals surface area contributed by atoms with Gasteiger partial charge >= 0.3 is 6.18 Å². The smallest absolute Gasteiger partial charge is 0.401 e. The molecule has 118 valence electrons. The molecular formula is C14H18F3NO3. The summed E-state index contributed by atoms with van der Waals surface area (Å²) in [6.45, 7) is -0.227. The highest BCUT2D eigenvalue weighted by atomic mass is 19.4. The number of aliphatic hydroxyl groups excluding tert-OH is 1. The van der Waals surface area contributed by atoms with Gasteiger partial charge in [-0.25, -0.2) is 0 Å². The predicted octanol–water partition coefficient (Wildman–Crippen LogP) is 2.12. The van der Waals surface area contributed by atoms with E-state index in [4.69, 9.17) is 9.84 Å². The summed E-state index contributed by atoms with van der Waals surface area (Å²) in [6, 6.07) is 6.41. The molecule has 7 heteroatoms. The van der Waals surface area contributed by atoms with Crippen LogP contribution >= 0.6 is 0 Å². The standard InChI is InChI=1S/C14H18F3NO3/c1-2-21-13-6-4-3-5-11(13)12(20)9-18(7-8-19)10-14(15,16)17/h3-6,19H,2,7-10H2,1H3. The van der Waals surface area contributed by atoms with Crippen LogP contribution in [0.2, 0.25) is 0 Å². The van der Waals surface area contributed by atoms with Gasteiger partial charge in [-0.1, -0.05) is 12.1 Å². The maximum Gasteiger partial charge on any atom is 0.401 e. The average Bonchev–Trinajstić information content (AvgIpc) is 2.38. The predicted molar refractivity (Wildman–Crippen MR) is 71.5 cm³/mol. The van der Waals surface area contributed by atoms with Gasteiger partial charge in [-0.05, 0) is 19.1 Å². The number of carbonyl (C=O) groups is 1. The SMILES string of the molecule is CCOc1ccccc1C(=O)CN(CCO)CC(F)(F)F. The van der Waals surface area contributed by atoms with E-state index in [-0.39, 0.29) is 12.1 Å². The zero-order valence-electron chi connectivity index (χ0n) is 11.7. The summed E-state index contributed by atoms with van der Waals surface area (Å²) in [5, 5.41) is 8.81. The van der Waals surface area contributed by atoms with Gasteiger partial charge in [0, 0.05) is 6.54 Å². The van der Waals surface area contributed by atoms with Crippen molar-refractivity contribution in [2.24, 2.45) is 0 Å². The first kappa shape index (κ1) is 17.5. The first-order valence-corrected chi connectivity index (χ1v) is 6.52. The maximum atomic E-state index is 12.4. The summed E-state index contributed by atoms with van der Waals surface area (Å²) >= 11 is 0. The number of ketones is 1. The summed E-state index contributed by atoms with van der Waals surface area (Å²) in [6.07, 6.45) is -4.42. The fourth-order valence-corrected chi connectivity index (χ4v) is 1.88. The molecule has 1 rings (SSSR count). The normalized spacial score (nSPS) is 11.7. The number of halogens is 3.